The van der Waals surface area contributed by atoms with Crippen molar-refractivity contribution in [3.8, 4) is 11.5 Å². The molecule has 0 radical (unpaired) electrons. The maximum Gasteiger partial charge on any atom is 0.420 e. The molecule has 94 valence electrons. The van der Waals surface area contributed by atoms with E-state index in [1.54, 1.807) is 0 Å². The molecule has 1 aromatic rings. The zero-order valence-electron chi connectivity index (χ0n) is 9.14. The molecule has 1 aliphatic rings. The maximum absolute atomic E-state index is 12.7. The van der Waals surface area contributed by atoms with E-state index in [1.165, 1.54) is 13.2 Å². The lowest BCUT2D eigenvalue weighted by molar-refractivity contribution is -0.139. The first kappa shape index (κ1) is 12.0. The average molecular weight is 247 g/mol. The van der Waals surface area contributed by atoms with Crippen LogP contribution in [0.1, 0.15) is 24.0 Å². The summed E-state index contributed by atoms with van der Waals surface area (Å²) in [4.78, 5) is 0. The van der Waals surface area contributed by atoms with Crippen LogP contribution in [0.15, 0.2) is 12.1 Å². The molecule has 0 unspecified atom stereocenters. The predicted octanol–water partition coefficient (Wildman–Crippen LogP) is 2.37. The SMILES string of the molecule is COc1cc(C2(N)CC2)cc(C(F)(F)F)c1O. The summed E-state index contributed by atoms with van der Waals surface area (Å²) in [7, 11) is 1.20. The quantitative estimate of drug-likeness (QED) is 0.843. The lowest BCUT2D eigenvalue weighted by Crippen LogP contribution is -2.20. The molecule has 0 amide bonds. The highest BCUT2D eigenvalue weighted by Gasteiger charge is 2.43. The van der Waals surface area contributed by atoms with Crippen LogP contribution >= 0.6 is 0 Å². The summed E-state index contributed by atoms with van der Waals surface area (Å²) in [5.41, 5.74) is 4.38. The Morgan fingerprint density at radius 1 is 1.35 bits per heavy atom. The molecule has 0 bridgehead atoms. The third-order valence-corrected chi connectivity index (χ3v) is 2.96. The molecular weight excluding hydrogens is 235 g/mol. The molecule has 0 atom stereocenters. The van der Waals surface area contributed by atoms with Crippen LogP contribution in [-0.2, 0) is 11.7 Å². The number of halogens is 3. The van der Waals surface area contributed by atoms with Crippen LogP contribution in [0.5, 0.6) is 11.5 Å². The second-order valence-corrected chi connectivity index (χ2v) is 4.23. The van der Waals surface area contributed by atoms with E-state index in [9.17, 15) is 18.3 Å². The summed E-state index contributed by atoms with van der Waals surface area (Å²) in [5.74, 6) is -1.10. The minimum atomic E-state index is -4.63. The number of nitrogens with two attached hydrogens (primary N) is 1. The van der Waals surface area contributed by atoms with Gasteiger partial charge in [-0.3, -0.25) is 0 Å². The fourth-order valence-electron chi connectivity index (χ4n) is 1.69. The van der Waals surface area contributed by atoms with Crippen LogP contribution in [0.4, 0.5) is 13.2 Å². The van der Waals surface area contributed by atoms with Crippen molar-refractivity contribution in [2.75, 3.05) is 7.11 Å². The highest BCUT2D eigenvalue weighted by atomic mass is 19.4. The van der Waals surface area contributed by atoms with Gasteiger partial charge in [0.25, 0.3) is 0 Å². The van der Waals surface area contributed by atoms with Gasteiger partial charge < -0.3 is 15.6 Å². The van der Waals surface area contributed by atoms with Crippen LogP contribution < -0.4 is 10.5 Å². The van der Waals surface area contributed by atoms with Crippen molar-refractivity contribution in [2.24, 2.45) is 5.73 Å². The summed E-state index contributed by atoms with van der Waals surface area (Å²) in [6.45, 7) is 0. The zero-order valence-corrected chi connectivity index (χ0v) is 9.14. The summed E-state index contributed by atoms with van der Waals surface area (Å²) in [6.07, 6.45) is -3.35. The molecule has 2 rings (SSSR count). The summed E-state index contributed by atoms with van der Waals surface area (Å²) in [6, 6.07) is 2.25. The minimum Gasteiger partial charge on any atom is -0.504 e. The Labute approximate surface area is 96.0 Å². The Balaban J connectivity index is 2.58. The first-order chi connectivity index (χ1) is 7.78. The van der Waals surface area contributed by atoms with Crippen molar-refractivity contribution in [3.05, 3.63) is 23.3 Å². The highest BCUT2D eigenvalue weighted by molar-refractivity contribution is 5.52. The van der Waals surface area contributed by atoms with Crippen LogP contribution in [0.3, 0.4) is 0 Å². The van der Waals surface area contributed by atoms with Gasteiger partial charge in [0.15, 0.2) is 11.5 Å². The topological polar surface area (TPSA) is 55.5 Å². The second-order valence-electron chi connectivity index (χ2n) is 4.23. The summed E-state index contributed by atoms with van der Waals surface area (Å²) in [5, 5.41) is 9.45. The van der Waals surface area contributed by atoms with Crippen LogP contribution in [0, 0.1) is 0 Å². The average Bonchev–Trinajstić information content (AvgIpc) is 2.96. The first-order valence-corrected chi connectivity index (χ1v) is 5.05. The van der Waals surface area contributed by atoms with E-state index in [0.717, 1.165) is 6.07 Å². The summed E-state index contributed by atoms with van der Waals surface area (Å²) >= 11 is 0. The fraction of sp³-hybridized carbons (Fsp3) is 0.455. The monoisotopic (exact) mass is 247 g/mol. The van der Waals surface area contributed by atoms with Gasteiger partial charge >= 0.3 is 6.18 Å². The number of aromatic hydroxyl groups is 1. The molecule has 3 N–H and O–H groups in total. The number of rotatable bonds is 2. The Morgan fingerprint density at radius 3 is 2.35 bits per heavy atom. The van der Waals surface area contributed by atoms with Crippen molar-refractivity contribution in [1.82, 2.24) is 0 Å². The minimum absolute atomic E-state index is 0.202. The van der Waals surface area contributed by atoms with Gasteiger partial charge in [0.05, 0.1) is 7.11 Å². The summed E-state index contributed by atoms with van der Waals surface area (Å²) < 4.78 is 42.8. The molecule has 1 aromatic carbocycles. The van der Waals surface area contributed by atoms with E-state index in [0.29, 0.717) is 18.4 Å². The van der Waals surface area contributed by atoms with Crippen molar-refractivity contribution in [3.63, 3.8) is 0 Å². The van der Waals surface area contributed by atoms with Crippen LogP contribution in [-0.4, -0.2) is 12.2 Å². The van der Waals surface area contributed by atoms with Gasteiger partial charge in [-0.2, -0.15) is 13.2 Å². The maximum atomic E-state index is 12.7. The number of phenolic OH excluding ortho intramolecular Hbond substituents is 1. The standard InChI is InChI=1S/C11H12F3NO2/c1-17-8-5-6(10(15)2-3-10)4-7(9(8)16)11(12,13)14/h4-5,16H,2-3,15H2,1H3. The van der Waals surface area contributed by atoms with E-state index >= 15 is 0 Å². The molecular formula is C11H12F3NO2. The van der Waals surface area contributed by atoms with Crippen molar-refractivity contribution < 1.29 is 23.0 Å². The van der Waals surface area contributed by atoms with Gasteiger partial charge in [-0.1, -0.05) is 0 Å². The molecule has 0 spiro atoms. The molecule has 1 saturated carbocycles. The molecule has 0 heterocycles. The normalized spacial score (nSPS) is 17.9. The van der Waals surface area contributed by atoms with Gasteiger partial charge in [0, 0.05) is 5.54 Å². The zero-order chi connectivity index (χ0) is 12.8. The van der Waals surface area contributed by atoms with E-state index in [4.69, 9.17) is 10.5 Å². The third-order valence-electron chi connectivity index (χ3n) is 2.96. The Morgan fingerprint density at radius 2 is 1.94 bits per heavy atom. The van der Waals surface area contributed by atoms with E-state index in [1.807, 2.05) is 0 Å². The van der Waals surface area contributed by atoms with Gasteiger partial charge in [-0.05, 0) is 30.5 Å². The predicted molar refractivity (Wildman–Crippen MR) is 54.8 cm³/mol. The number of hydrogen-bond donors (Lipinski definition) is 2. The Bertz CT molecular complexity index is 453. The van der Waals surface area contributed by atoms with E-state index < -0.39 is 23.0 Å². The van der Waals surface area contributed by atoms with Crippen molar-refractivity contribution in [2.45, 2.75) is 24.6 Å². The second kappa shape index (κ2) is 3.53. The third kappa shape index (κ3) is 2.04. The number of alkyl halides is 3. The van der Waals surface area contributed by atoms with Crippen molar-refractivity contribution >= 4 is 0 Å². The van der Waals surface area contributed by atoms with Gasteiger partial charge in [-0.15, -0.1) is 0 Å². The first-order valence-electron chi connectivity index (χ1n) is 5.05. The number of phenols is 1. The number of methoxy groups -OCH3 is 1. The number of benzene rings is 1. The van der Waals surface area contributed by atoms with Gasteiger partial charge in [0.2, 0.25) is 0 Å². The molecule has 1 aliphatic carbocycles. The Kier molecular flexibility index (Phi) is 2.50. The fourth-order valence-corrected chi connectivity index (χ4v) is 1.69. The van der Waals surface area contributed by atoms with Crippen LogP contribution in [0.25, 0.3) is 0 Å². The van der Waals surface area contributed by atoms with Gasteiger partial charge in [0.1, 0.15) is 5.56 Å². The molecule has 0 aliphatic heterocycles. The molecule has 0 aromatic heterocycles. The molecule has 17 heavy (non-hydrogen) atoms. The van der Waals surface area contributed by atoms with Gasteiger partial charge in [-0.25, -0.2) is 0 Å². The highest BCUT2D eigenvalue weighted by Crippen LogP contribution is 2.48. The Hall–Kier alpha value is -1.43. The molecule has 3 nitrogen and oxygen atoms in total. The largest absolute Gasteiger partial charge is 0.504 e. The molecule has 6 heteroatoms. The van der Waals surface area contributed by atoms with E-state index in [-0.39, 0.29) is 5.75 Å². The van der Waals surface area contributed by atoms with Crippen LogP contribution in [0.2, 0.25) is 0 Å². The molecule has 0 saturated heterocycles. The van der Waals surface area contributed by atoms with E-state index in [2.05, 4.69) is 0 Å². The lowest BCUT2D eigenvalue weighted by atomic mass is 10.0. The molecule has 1 fully saturated rings. The number of hydrogen-bond acceptors (Lipinski definition) is 3. The smallest absolute Gasteiger partial charge is 0.420 e. The number of ether oxygens (including phenoxy) is 1. The van der Waals surface area contributed by atoms with Crippen molar-refractivity contribution in [1.29, 1.82) is 0 Å². The lowest BCUT2D eigenvalue weighted by Gasteiger charge is -2.17.